The molecule has 0 aliphatic rings. The largest absolute Gasteiger partial charge is 0.480 e. The molecule has 0 fully saturated rings. The molecule has 0 unspecified atom stereocenters. The average molecular weight is 248 g/mol. The van der Waals surface area contributed by atoms with E-state index >= 15 is 0 Å². The van der Waals surface area contributed by atoms with E-state index in [9.17, 15) is 9.59 Å². The van der Waals surface area contributed by atoms with Gasteiger partial charge in [0, 0.05) is 19.7 Å². The zero-order valence-electron chi connectivity index (χ0n) is 10.2. The molecular formula is C10H20N2O5. The van der Waals surface area contributed by atoms with E-state index in [1.807, 2.05) is 6.92 Å². The SMILES string of the molecule is CCOCCN(CC)C(=O)N[C@@H](CO)C(=O)O. The Labute approximate surface area is 100 Å². The molecule has 0 aliphatic heterocycles. The third-order valence-electron chi connectivity index (χ3n) is 2.16. The third-order valence-corrected chi connectivity index (χ3v) is 2.16. The quantitative estimate of drug-likeness (QED) is 0.503. The molecule has 3 N–H and O–H groups in total. The van der Waals surface area contributed by atoms with Crippen molar-refractivity contribution in [2.45, 2.75) is 19.9 Å². The monoisotopic (exact) mass is 248 g/mol. The van der Waals surface area contributed by atoms with Crippen LogP contribution in [0.5, 0.6) is 0 Å². The Morgan fingerprint density at radius 3 is 2.47 bits per heavy atom. The highest BCUT2D eigenvalue weighted by Crippen LogP contribution is 1.92. The van der Waals surface area contributed by atoms with Crippen molar-refractivity contribution in [2.24, 2.45) is 0 Å². The molecule has 0 aliphatic carbocycles. The fourth-order valence-corrected chi connectivity index (χ4v) is 1.15. The summed E-state index contributed by atoms with van der Waals surface area (Å²) in [5.74, 6) is -1.26. The zero-order chi connectivity index (χ0) is 13.3. The number of rotatable bonds is 8. The Balaban J connectivity index is 4.18. The molecule has 0 aromatic carbocycles. The number of carboxylic acid groups (broad SMARTS) is 1. The molecule has 0 bridgehead atoms. The first-order valence-corrected chi connectivity index (χ1v) is 5.53. The van der Waals surface area contributed by atoms with Crippen LogP contribution in [0.1, 0.15) is 13.8 Å². The van der Waals surface area contributed by atoms with E-state index in [1.54, 1.807) is 6.92 Å². The van der Waals surface area contributed by atoms with Gasteiger partial charge in [-0.05, 0) is 13.8 Å². The van der Waals surface area contributed by atoms with E-state index in [2.05, 4.69) is 5.32 Å². The highest BCUT2D eigenvalue weighted by molar-refractivity contribution is 5.82. The minimum Gasteiger partial charge on any atom is -0.480 e. The molecule has 2 amide bonds. The van der Waals surface area contributed by atoms with Gasteiger partial charge in [-0.1, -0.05) is 0 Å². The average Bonchev–Trinajstić information content (AvgIpc) is 2.31. The number of likely N-dealkylation sites (N-methyl/N-ethyl adjacent to an activating group) is 1. The van der Waals surface area contributed by atoms with Gasteiger partial charge in [0.25, 0.3) is 0 Å². The summed E-state index contributed by atoms with van der Waals surface area (Å²) >= 11 is 0. The molecule has 100 valence electrons. The lowest BCUT2D eigenvalue weighted by Crippen LogP contribution is -2.50. The number of amides is 2. The summed E-state index contributed by atoms with van der Waals surface area (Å²) in [6.45, 7) is 4.78. The Hall–Kier alpha value is -1.34. The van der Waals surface area contributed by atoms with E-state index in [1.165, 1.54) is 4.90 Å². The molecule has 0 heterocycles. The molecular weight excluding hydrogens is 228 g/mol. The molecule has 0 saturated heterocycles. The number of nitrogens with one attached hydrogen (secondary N) is 1. The van der Waals surface area contributed by atoms with Gasteiger partial charge in [-0.2, -0.15) is 0 Å². The fraction of sp³-hybridized carbons (Fsp3) is 0.800. The van der Waals surface area contributed by atoms with E-state index < -0.39 is 24.6 Å². The van der Waals surface area contributed by atoms with Gasteiger partial charge in [0.15, 0.2) is 6.04 Å². The predicted molar refractivity (Wildman–Crippen MR) is 60.8 cm³/mol. The van der Waals surface area contributed by atoms with Crippen LogP contribution in [-0.2, 0) is 9.53 Å². The smallest absolute Gasteiger partial charge is 0.328 e. The number of carbonyl (C=O) groups is 2. The van der Waals surface area contributed by atoms with Crippen LogP contribution >= 0.6 is 0 Å². The molecule has 0 radical (unpaired) electrons. The summed E-state index contributed by atoms with van der Waals surface area (Å²) in [6.07, 6.45) is 0. The molecule has 7 nitrogen and oxygen atoms in total. The standard InChI is InChI=1S/C10H20N2O5/c1-3-12(5-6-17-4-2)10(16)11-8(7-13)9(14)15/h8,13H,3-7H2,1-2H3,(H,11,16)(H,14,15)/t8-/m0/s1. The highest BCUT2D eigenvalue weighted by atomic mass is 16.5. The zero-order valence-corrected chi connectivity index (χ0v) is 10.2. The maximum atomic E-state index is 11.6. The second kappa shape index (κ2) is 8.77. The number of hydrogen-bond donors (Lipinski definition) is 3. The second-order valence-corrected chi connectivity index (χ2v) is 3.30. The van der Waals surface area contributed by atoms with E-state index in [-0.39, 0.29) is 0 Å². The van der Waals surface area contributed by atoms with Crippen molar-refractivity contribution in [3.63, 3.8) is 0 Å². The number of nitrogens with zero attached hydrogens (tertiary/aromatic N) is 1. The van der Waals surface area contributed by atoms with Crippen molar-refractivity contribution in [2.75, 3.05) is 32.9 Å². The molecule has 1 atom stereocenters. The minimum absolute atomic E-state index is 0.383. The first-order valence-electron chi connectivity index (χ1n) is 5.53. The van der Waals surface area contributed by atoms with Crippen LogP contribution in [0.25, 0.3) is 0 Å². The van der Waals surface area contributed by atoms with Gasteiger partial charge < -0.3 is 25.2 Å². The number of urea groups is 1. The minimum atomic E-state index is -1.27. The lowest BCUT2D eigenvalue weighted by Gasteiger charge is -2.23. The number of aliphatic hydroxyl groups is 1. The summed E-state index contributed by atoms with van der Waals surface area (Å²) in [5.41, 5.74) is 0. The number of hydrogen-bond acceptors (Lipinski definition) is 4. The van der Waals surface area contributed by atoms with Crippen LogP contribution in [0, 0.1) is 0 Å². The Kier molecular flexibility index (Phi) is 8.08. The summed E-state index contributed by atoms with van der Waals surface area (Å²) in [6, 6.07) is -1.79. The lowest BCUT2D eigenvalue weighted by molar-refractivity contribution is -0.140. The maximum absolute atomic E-state index is 11.6. The van der Waals surface area contributed by atoms with Gasteiger partial charge in [0.05, 0.1) is 13.2 Å². The first kappa shape index (κ1) is 15.7. The van der Waals surface area contributed by atoms with Crippen molar-refractivity contribution in [3.8, 4) is 0 Å². The first-order chi connectivity index (χ1) is 8.06. The summed E-state index contributed by atoms with van der Waals surface area (Å²) in [5, 5.41) is 19.7. The van der Waals surface area contributed by atoms with Crippen LogP contribution in [0.4, 0.5) is 4.79 Å². The molecule has 0 rings (SSSR count). The number of ether oxygens (including phenoxy) is 1. The van der Waals surface area contributed by atoms with Gasteiger partial charge in [0.2, 0.25) is 0 Å². The van der Waals surface area contributed by atoms with Crippen molar-refractivity contribution in [1.29, 1.82) is 0 Å². The molecule has 0 saturated carbocycles. The highest BCUT2D eigenvalue weighted by Gasteiger charge is 2.21. The summed E-state index contributed by atoms with van der Waals surface area (Å²) in [7, 11) is 0. The summed E-state index contributed by atoms with van der Waals surface area (Å²) < 4.78 is 5.11. The van der Waals surface area contributed by atoms with Gasteiger partial charge >= 0.3 is 12.0 Å². The van der Waals surface area contributed by atoms with Crippen molar-refractivity contribution in [3.05, 3.63) is 0 Å². The van der Waals surface area contributed by atoms with Crippen LogP contribution in [0.15, 0.2) is 0 Å². The molecule has 7 heteroatoms. The molecule has 17 heavy (non-hydrogen) atoms. The van der Waals surface area contributed by atoms with Gasteiger partial charge in [0.1, 0.15) is 0 Å². The number of carbonyl (C=O) groups excluding carboxylic acids is 1. The van der Waals surface area contributed by atoms with Gasteiger partial charge in [-0.3, -0.25) is 0 Å². The number of aliphatic hydroxyl groups excluding tert-OH is 1. The van der Waals surface area contributed by atoms with E-state index in [0.29, 0.717) is 26.3 Å². The Morgan fingerprint density at radius 2 is 2.06 bits per heavy atom. The maximum Gasteiger partial charge on any atom is 0.328 e. The third kappa shape index (κ3) is 6.08. The second-order valence-electron chi connectivity index (χ2n) is 3.30. The van der Waals surface area contributed by atoms with Gasteiger partial charge in [-0.15, -0.1) is 0 Å². The molecule has 0 aromatic heterocycles. The Bertz CT molecular complexity index is 247. The number of aliphatic carboxylic acids is 1. The topological polar surface area (TPSA) is 99.1 Å². The van der Waals surface area contributed by atoms with Crippen LogP contribution in [0.2, 0.25) is 0 Å². The van der Waals surface area contributed by atoms with Crippen LogP contribution < -0.4 is 5.32 Å². The van der Waals surface area contributed by atoms with Crippen LogP contribution in [0.3, 0.4) is 0 Å². The summed E-state index contributed by atoms with van der Waals surface area (Å²) in [4.78, 5) is 23.7. The number of carboxylic acids is 1. The molecule has 0 spiro atoms. The van der Waals surface area contributed by atoms with Crippen LogP contribution in [-0.4, -0.2) is 66.1 Å². The van der Waals surface area contributed by atoms with Crippen molar-refractivity contribution >= 4 is 12.0 Å². The van der Waals surface area contributed by atoms with E-state index in [0.717, 1.165) is 0 Å². The van der Waals surface area contributed by atoms with E-state index in [4.69, 9.17) is 14.9 Å². The van der Waals surface area contributed by atoms with Gasteiger partial charge in [-0.25, -0.2) is 9.59 Å². The van der Waals surface area contributed by atoms with Crippen molar-refractivity contribution in [1.82, 2.24) is 10.2 Å². The van der Waals surface area contributed by atoms with Crippen molar-refractivity contribution < 1.29 is 24.5 Å². The Morgan fingerprint density at radius 1 is 1.41 bits per heavy atom. The molecule has 0 aromatic rings. The lowest BCUT2D eigenvalue weighted by atomic mass is 10.3. The predicted octanol–water partition coefficient (Wildman–Crippen LogP) is -0.500. The fourth-order valence-electron chi connectivity index (χ4n) is 1.15. The normalized spacial score (nSPS) is 11.9.